The van der Waals surface area contributed by atoms with Crippen LogP contribution in [0.4, 0.5) is 0 Å². The van der Waals surface area contributed by atoms with Gasteiger partial charge in [-0.2, -0.15) is 0 Å². The summed E-state index contributed by atoms with van der Waals surface area (Å²) in [5, 5.41) is 9.64. The minimum absolute atomic E-state index is 0.0621. The summed E-state index contributed by atoms with van der Waals surface area (Å²) in [7, 11) is 0. The summed E-state index contributed by atoms with van der Waals surface area (Å²) in [5.74, 6) is -0.819. The Morgan fingerprint density at radius 1 is 1.32 bits per heavy atom. The number of carbonyl (C=O) groups excluding carboxylic acids is 1. The van der Waals surface area contributed by atoms with E-state index in [1.807, 2.05) is 42.2 Å². The molecule has 4 heteroatoms. The molecule has 0 unspecified atom stereocenters. The first-order valence-electron chi connectivity index (χ1n) is 7.87. The molecule has 1 N–H and O–H groups in total. The van der Waals surface area contributed by atoms with Gasteiger partial charge in [-0.1, -0.05) is 37.3 Å². The lowest BCUT2D eigenvalue weighted by atomic mass is 9.72. The van der Waals surface area contributed by atoms with Crippen LogP contribution in [0.3, 0.4) is 0 Å². The van der Waals surface area contributed by atoms with Crippen LogP contribution in [0.25, 0.3) is 6.08 Å². The van der Waals surface area contributed by atoms with Gasteiger partial charge < -0.3 is 10.0 Å². The maximum Gasteiger partial charge on any atom is 0.311 e. The molecule has 0 saturated carbocycles. The Kier molecular flexibility index (Phi) is 3.77. The zero-order valence-corrected chi connectivity index (χ0v) is 12.7. The van der Waals surface area contributed by atoms with Crippen molar-refractivity contribution in [1.29, 1.82) is 0 Å². The first-order chi connectivity index (χ1) is 10.6. The number of carboxylic acids is 1. The van der Waals surface area contributed by atoms with Gasteiger partial charge in [0.05, 0.1) is 5.41 Å². The van der Waals surface area contributed by atoms with Crippen LogP contribution < -0.4 is 0 Å². The molecule has 22 heavy (non-hydrogen) atoms. The minimum atomic E-state index is -0.757. The lowest BCUT2D eigenvalue weighted by Crippen LogP contribution is -2.44. The van der Waals surface area contributed by atoms with Crippen LogP contribution in [0.2, 0.25) is 0 Å². The van der Waals surface area contributed by atoms with E-state index in [0.29, 0.717) is 12.8 Å². The average Bonchev–Trinajstić information content (AvgIpc) is 3.09. The van der Waals surface area contributed by atoms with Gasteiger partial charge in [0.15, 0.2) is 0 Å². The van der Waals surface area contributed by atoms with Gasteiger partial charge in [0.1, 0.15) is 0 Å². The quantitative estimate of drug-likeness (QED) is 0.870. The predicted molar refractivity (Wildman–Crippen MR) is 84.1 cm³/mol. The van der Waals surface area contributed by atoms with E-state index < -0.39 is 11.4 Å². The second kappa shape index (κ2) is 5.59. The average molecular weight is 299 g/mol. The highest BCUT2D eigenvalue weighted by atomic mass is 16.4. The Balaban J connectivity index is 1.80. The van der Waals surface area contributed by atoms with Crippen LogP contribution in [0.15, 0.2) is 36.4 Å². The molecule has 2 heterocycles. The molecule has 116 valence electrons. The molecule has 1 aromatic rings. The summed E-state index contributed by atoms with van der Waals surface area (Å²) in [4.78, 5) is 26.1. The minimum Gasteiger partial charge on any atom is -0.481 e. The van der Waals surface area contributed by atoms with Crippen molar-refractivity contribution in [2.24, 2.45) is 5.41 Å². The van der Waals surface area contributed by atoms with Crippen molar-refractivity contribution in [2.75, 3.05) is 0 Å². The number of hydrogen-bond donors (Lipinski definition) is 1. The lowest BCUT2D eigenvalue weighted by molar-refractivity contribution is -0.151. The molecule has 0 radical (unpaired) electrons. The zero-order valence-electron chi connectivity index (χ0n) is 12.7. The Hall–Kier alpha value is -2.10. The highest BCUT2D eigenvalue weighted by molar-refractivity contribution is 5.93. The van der Waals surface area contributed by atoms with E-state index in [0.717, 1.165) is 18.4 Å². The standard InChI is InChI=1S/C18H21NO3/c1-2-18(17(21)22)12-14-9-10-15(18)19(14)16(20)11-8-13-6-4-3-5-7-13/h3-8,11,14-15H,2,9-10,12H2,1H3,(H,21,22)/b11-8+/t14-,15+,18+/m0/s1. The van der Waals surface area contributed by atoms with E-state index >= 15 is 0 Å². The molecule has 4 nitrogen and oxygen atoms in total. The fraction of sp³-hybridized carbons (Fsp3) is 0.444. The molecule has 0 aliphatic carbocycles. The van der Waals surface area contributed by atoms with Gasteiger partial charge in [-0.3, -0.25) is 9.59 Å². The number of benzene rings is 1. The zero-order chi connectivity index (χ0) is 15.7. The maximum absolute atomic E-state index is 12.6. The second-order valence-corrected chi connectivity index (χ2v) is 6.26. The molecule has 2 bridgehead atoms. The first-order valence-corrected chi connectivity index (χ1v) is 7.87. The number of amides is 1. The fourth-order valence-electron chi connectivity index (χ4n) is 4.09. The first kappa shape index (κ1) is 14.8. The van der Waals surface area contributed by atoms with E-state index in [2.05, 4.69) is 0 Å². The lowest BCUT2D eigenvalue weighted by Gasteiger charge is -2.32. The number of aliphatic carboxylic acids is 1. The van der Waals surface area contributed by atoms with E-state index in [1.165, 1.54) is 0 Å². The number of carbonyl (C=O) groups is 2. The van der Waals surface area contributed by atoms with Crippen LogP contribution in [0.5, 0.6) is 0 Å². The smallest absolute Gasteiger partial charge is 0.311 e. The highest BCUT2D eigenvalue weighted by Gasteiger charge is 2.60. The Labute approximate surface area is 130 Å². The molecule has 3 rings (SSSR count). The largest absolute Gasteiger partial charge is 0.481 e. The highest BCUT2D eigenvalue weighted by Crippen LogP contribution is 2.51. The molecular weight excluding hydrogens is 278 g/mol. The van der Waals surface area contributed by atoms with Gasteiger partial charge in [-0.25, -0.2) is 0 Å². The van der Waals surface area contributed by atoms with Gasteiger partial charge >= 0.3 is 5.97 Å². The summed E-state index contributed by atoms with van der Waals surface area (Å²) in [5.41, 5.74) is 0.224. The third-order valence-electron chi connectivity index (χ3n) is 5.27. The fourth-order valence-corrected chi connectivity index (χ4v) is 4.09. The number of fused-ring (bicyclic) bond motifs is 2. The van der Waals surface area contributed by atoms with Gasteiger partial charge in [0.25, 0.3) is 0 Å². The van der Waals surface area contributed by atoms with Crippen molar-refractivity contribution in [3.8, 4) is 0 Å². The SMILES string of the molecule is CC[C@@]1(C(=O)O)C[C@@H]2CC[C@H]1N2C(=O)/C=C/c1ccccc1. The molecule has 1 amide bonds. The molecule has 0 spiro atoms. The van der Waals surface area contributed by atoms with E-state index in [4.69, 9.17) is 0 Å². The van der Waals surface area contributed by atoms with Crippen molar-refractivity contribution in [1.82, 2.24) is 4.90 Å². The number of carboxylic acid groups (broad SMARTS) is 1. The van der Waals surface area contributed by atoms with Crippen molar-refractivity contribution >= 4 is 18.0 Å². The predicted octanol–water partition coefficient (Wildman–Crippen LogP) is 2.94. The van der Waals surface area contributed by atoms with Gasteiger partial charge in [-0.15, -0.1) is 0 Å². The van der Waals surface area contributed by atoms with Gasteiger partial charge in [-0.05, 0) is 37.3 Å². The number of hydrogen-bond acceptors (Lipinski definition) is 2. The van der Waals surface area contributed by atoms with Crippen molar-refractivity contribution < 1.29 is 14.7 Å². The van der Waals surface area contributed by atoms with Crippen LogP contribution in [-0.2, 0) is 9.59 Å². The van der Waals surface area contributed by atoms with Crippen LogP contribution in [-0.4, -0.2) is 34.0 Å². The van der Waals surface area contributed by atoms with Crippen LogP contribution in [0.1, 0.15) is 38.2 Å². The summed E-state index contributed by atoms with van der Waals surface area (Å²) >= 11 is 0. The normalized spacial score (nSPS) is 30.1. The van der Waals surface area contributed by atoms with Crippen molar-refractivity contribution in [2.45, 2.75) is 44.7 Å². The van der Waals surface area contributed by atoms with E-state index in [1.54, 1.807) is 12.2 Å². The summed E-state index contributed by atoms with van der Waals surface area (Å²) in [6.07, 6.45) is 6.27. The summed E-state index contributed by atoms with van der Waals surface area (Å²) in [6.45, 7) is 1.91. The molecule has 2 aliphatic heterocycles. The molecule has 3 atom stereocenters. The number of nitrogens with zero attached hydrogens (tertiary/aromatic N) is 1. The third-order valence-corrected chi connectivity index (χ3v) is 5.27. The Bertz CT molecular complexity index is 610. The van der Waals surface area contributed by atoms with Crippen LogP contribution in [0, 0.1) is 5.41 Å². The summed E-state index contributed by atoms with van der Waals surface area (Å²) < 4.78 is 0. The van der Waals surface area contributed by atoms with Crippen molar-refractivity contribution in [3.63, 3.8) is 0 Å². The Morgan fingerprint density at radius 3 is 2.64 bits per heavy atom. The van der Waals surface area contributed by atoms with Crippen LogP contribution >= 0.6 is 0 Å². The van der Waals surface area contributed by atoms with Crippen molar-refractivity contribution in [3.05, 3.63) is 42.0 Å². The number of rotatable bonds is 4. The van der Waals surface area contributed by atoms with E-state index in [9.17, 15) is 14.7 Å². The molecule has 0 aromatic heterocycles. The second-order valence-electron chi connectivity index (χ2n) is 6.26. The third kappa shape index (κ3) is 2.23. The maximum atomic E-state index is 12.6. The van der Waals surface area contributed by atoms with Gasteiger partial charge in [0, 0.05) is 18.2 Å². The van der Waals surface area contributed by atoms with Gasteiger partial charge in [0.2, 0.25) is 5.91 Å². The molecule has 2 saturated heterocycles. The molecule has 1 aromatic carbocycles. The molecule has 2 aliphatic rings. The molecule has 2 fully saturated rings. The summed E-state index contributed by atoms with van der Waals surface area (Å²) in [6, 6.07) is 9.59. The monoisotopic (exact) mass is 299 g/mol. The molecular formula is C18H21NO3. The van der Waals surface area contributed by atoms with E-state index in [-0.39, 0.29) is 18.0 Å². The topological polar surface area (TPSA) is 57.6 Å². The Morgan fingerprint density at radius 2 is 2.05 bits per heavy atom.